The lowest BCUT2D eigenvalue weighted by Crippen LogP contribution is -2.27. The normalized spacial score (nSPS) is 10.9. The van der Waals surface area contributed by atoms with E-state index in [9.17, 15) is 9.59 Å². The standard InChI is InChI=1S/C18H18N2O3/c1-3-15-14(13-6-4-5-7-16(13)23-15)11-20(2)18(22)12-8-9-17(21)19-10-12/h4-10H,3,11H2,1-2H3,(H,19,21). The van der Waals surface area contributed by atoms with Gasteiger partial charge in [0.05, 0.1) is 5.56 Å². The average molecular weight is 310 g/mol. The second-order valence-electron chi connectivity index (χ2n) is 5.46. The first kappa shape index (κ1) is 15.1. The number of aromatic nitrogens is 1. The fraction of sp³-hybridized carbons (Fsp3) is 0.222. The smallest absolute Gasteiger partial charge is 0.255 e. The Labute approximate surface area is 133 Å². The monoisotopic (exact) mass is 310 g/mol. The third-order valence-corrected chi connectivity index (χ3v) is 3.88. The Morgan fingerprint density at radius 3 is 2.70 bits per heavy atom. The summed E-state index contributed by atoms with van der Waals surface area (Å²) in [5, 5.41) is 1.03. The van der Waals surface area contributed by atoms with Gasteiger partial charge in [0.1, 0.15) is 11.3 Å². The van der Waals surface area contributed by atoms with E-state index in [1.165, 1.54) is 18.3 Å². The van der Waals surface area contributed by atoms with Crippen LogP contribution in [-0.2, 0) is 13.0 Å². The van der Waals surface area contributed by atoms with Gasteiger partial charge in [0.15, 0.2) is 0 Å². The number of carbonyl (C=O) groups is 1. The molecule has 3 rings (SSSR count). The summed E-state index contributed by atoms with van der Waals surface area (Å²) in [6.45, 7) is 2.49. The second-order valence-corrected chi connectivity index (χ2v) is 5.46. The van der Waals surface area contributed by atoms with Crippen LogP contribution in [0.25, 0.3) is 11.0 Å². The minimum absolute atomic E-state index is 0.145. The number of benzene rings is 1. The topological polar surface area (TPSA) is 66.3 Å². The minimum atomic E-state index is -0.224. The molecule has 2 aromatic heterocycles. The van der Waals surface area contributed by atoms with Crippen molar-refractivity contribution >= 4 is 16.9 Å². The van der Waals surface area contributed by atoms with Gasteiger partial charge in [-0.05, 0) is 12.1 Å². The Hall–Kier alpha value is -2.82. The van der Waals surface area contributed by atoms with Crippen molar-refractivity contribution < 1.29 is 9.21 Å². The Balaban J connectivity index is 1.90. The lowest BCUT2D eigenvalue weighted by Gasteiger charge is -2.17. The third-order valence-electron chi connectivity index (χ3n) is 3.88. The van der Waals surface area contributed by atoms with Gasteiger partial charge in [-0.15, -0.1) is 0 Å². The molecule has 1 amide bonds. The van der Waals surface area contributed by atoms with Gasteiger partial charge < -0.3 is 14.3 Å². The van der Waals surface area contributed by atoms with Crippen LogP contribution in [0.15, 0.2) is 51.8 Å². The Bertz CT molecular complexity index is 888. The van der Waals surface area contributed by atoms with E-state index in [1.54, 1.807) is 11.9 Å². The molecule has 2 heterocycles. The van der Waals surface area contributed by atoms with E-state index in [1.807, 2.05) is 31.2 Å². The summed E-state index contributed by atoms with van der Waals surface area (Å²) in [6, 6.07) is 10.7. The van der Waals surface area contributed by atoms with Crippen molar-refractivity contribution in [3.05, 3.63) is 69.8 Å². The quantitative estimate of drug-likeness (QED) is 0.805. The van der Waals surface area contributed by atoms with Crippen LogP contribution in [-0.4, -0.2) is 22.8 Å². The van der Waals surface area contributed by atoms with E-state index >= 15 is 0 Å². The molecule has 1 aromatic carbocycles. The van der Waals surface area contributed by atoms with Crippen LogP contribution in [0.1, 0.15) is 28.6 Å². The summed E-state index contributed by atoms with van der Waals surface area (Å²) < 4.78 is 5.86. The summed E-state index contributed by atoms with van der Waals surface area (Å²) >= 11 is 0. The molecular weight excluding hydrogens is 292 g/mol. The predicted molar refractivity (Wildman–Crippen MR) is 88.5 cm³/mol. The van der Waals surface area contributed by atoms with Crippen molar-refractivity contribution in [1.82, 2.24) is 9.88 Å². The molecule has 0 unspecified atom stereocenters. The average Bonchev–Trinajstić information content (AvgIpc) is 2.93. The number of furan rings is 1. The maximum Gasteiger partial charge on any atom is 0.255 e. The first-order valence-electron chi connectivity index (χ1n) is 7.53. The van der Waals surface area contributed by atoms with Gasteiger partial charge in [0.25, 0.3) is 5.91 Å². The van der Waals surface area contributed by atoms with Crippen molar-refractivity contribution in [1.29, 1.82) is 0 Å². The molecule has 1 N–H and O–H groups in total. The Morgan fingerprint density at radius 1 is 1.22 bits per heavy atom. The highest BCUT2D eigenvalue weighted by atomic mass is 16.3. The second kappa shape index (κ2) is 6.12. The van der Waals surface area contributed by atoms with Crippen LogP contribution in [0, 0.1) is 0 Å². The molecular formula is C18H18N2O3. The summed E-state index contributed by atoms with van der Waals surface area (Å²) in [5.74, 6) is 0.751. The molecule has 5 nitrogen and oxygen atoms in total. The number of aromatic amines is 1. The number of rotatable bonds is 4. The summed E-state index contributed by atoms with van der Waals surface area (Å²) in [4.78, 5) is 27.8. The van der Waals surface area contributed by atoms with Gasteiger partial charge in [0.2, 0.25) is 5.56 Å². The van der Waals surface area contributed by atoms with Crippen LogP contribution in [0.4, 0.5) is 0 Å². The SMILES string of the molecule is CCc1oc2ccccc2c1CN(C)C(=O)c1ccc(=O)[nH]c1. The molecule has 23 heavy (non-hydrogen) atoms. The van der Waals surface area contributed by atoms with Crippen LogP contribution in [0.3, 0.4) is 0 Å². The number of hydrogen-bond donors (Lipinski definition) is 1. The molecule has 0 atom stereocenters. The van der Waals surface area contributed by atoms with Crippen LogP contribution < -0.4 is 5.56 Å². The molecule has 0 fully saturated rings. The molecule has 0 radical (unpaired) electrons. The molecule has 118 valence electrons. The summed E-state index contributed by atoms with van der Waals surface area (Å²) in [6.07, 6.45) is 2.21. The number of amides is 1. The van der Waals surface area contributed by atoms with E-state index < -0.39 is 0 Å². The number of hydrogen-bond acceptors (Lipinski definition) is 3. The van der Waals surface area contributed by atoms with Gasteiger partial charge in [0, 0.05) is 43.2 Å². The largest absolute Gasteiger partial charge is 0.461 e. The van der Waals surface area contributed by atoms with Gasteiger partial charge in [-0.25, -0.2) is 0 Å². The zero-order valence-electron chi connectivity index (χ0n) is 13.1. The van der Waals surface area contributed by atoms with Crippen molar-refractivity contribution in [2.75, 3.05) is 7.05 Å². The van der Waals surface area contributed by atoms with Gasteiger partial charge >= 0.3 is 0 Å². The molecule has 5 heteroatoms. The molecule has 0 aliphatic carbocycles. The van der Waals surface area contributed by atoms with Crippen molar-refractivity contribution in [2.24, 2.45) is 0 Å². The van der Waals surface area contributed by atoms with Crippen molar-refractivity contribution in [2.45, 2.75) is 19.9 Å². The molecule has 0 saturated carbocycles. The van der Waals surface area contributed by atoms with E-state index in [0.29, 0.717) is 12.1 Å². The lowest BCUT2D eigenvalue weighted by molar-refractivity contribution is 0.0784. The molecule has 0 bridgehead atoms. The molecule has 0 aliphatic heterocycles. The maximum absolute atomic E-state index is 12.5. The first-order chi connectivity index (χ1) is 11.1. The molecule has 3 aromatic rings. The summed E-state index contributed by atoms with van der Waals surface area (Å²) in [7, 11) is 1.74. The maximum atomic E-state index is 12.5. The van der Waals surface area contributed by atoms with Crippen LogP contribution in [0.5, 0.6) is 0 Å². The fourth-order valence-electron chi connectivity index (χ4n) is 2.68. The van der Waals surface area contributed by atoms with Crippen LogP contribution >= 0.6 is 0 Å². The van der Waals surface area contributed by atoms with Crippen LogP contribution in [0.2, 0.25) is 0 Å². The number of nitrogens with one attached hydrogen (secondary N) is 1. The highest BCUT2D eigenvalue weighted by Crippen LogP contribution is 2.27. The molecule has 0 saturated heterocycles. The molecule has 0 aliphatic rings. The van der Waals surface area contributed by atoms with Crippen molar-refractivity contribution in [3.63, 3.8) is 0 Å². The number of fused-ring (bicyclic) bond motifs is 1. The Kier molecular flexibility index (Phi) is 4.02. The summed E-state index contributed by atoms with van der Waals surface area (Å²) in [5.41, 5.74) is 2.10. The van der Waals surface area contributed by atoms with E-state index in [2.05, 4.69) is 4.98 Å². The predicted octanol–water partition coefficient (Wildman–Crippen LogP) is 2.96. The number of carbonyl (C=O) groups excluding carboxylic acids is 1. The van der Waals surface area contributed by atoms with Gasteiger partial charge in [-0.2, -0.15) is 0 Å². The number of para-hydroxylation sites is 1. The van der Waals surface area contributed by atoms with Crippen molar-refractivity contribution in [3.8, 4) is 0 Å². The van der Waals surface area contributed by atoms with E-state index in [0.717, 1.165) is 28.7 Å². The number of pyridine rings is 1. The fourth-order valence-corrected chi connectivity index (χ4v) is 2.68. The number of nitrogens with zero attached hydrogens (tertiary/aromatic N) is 1. The number of aryl methyl sites for hydroxylation is 1. The number of H-pyrrole nitrogens is 1. The van der Waals surface area contributed by atoms with E-state index in [-0.39, 0.29) is 11.5 Å². The minimum Gasteiger partial charge on any atom is -0.461 e. The highest BCUT2D eigenvalue weighted by Gasteiger charge is 2.18. The zero-order chi connectivity index (χ0) is 16.4. The Morgan fingerprint density at radius 2 is 2.00 bits per heavy atom. The third kappa shape index (κ3) is 2.90. The van der Waals surface area contributed by atoms with Gasteiger partial charge in [-0.3, -0.25) is 9.59 Å². The lowest BCUT2D eigenvalue weighted by atomic mass is 10.1. The first-order valence-corrected chi connectivity index (χ1v) is 7.53. The zero-order valence-corrected chi connectivity index (χ0v) is 13.1. The highest BCUT2D eigenvalue weighted by molar-refractivity contribution is 5.94. The molecule has 0 spiro atoms. The van der Waals surface area contributed by atoms with E-state index in [4.69, 9.17) is 4.42 Å². The van der Waals surface area contributed by atoms with Gasteiger partial charge in [-0.1, -0.05) is 25.1 Å².